The first kappa shape index (κ1) is 13.9. The van der Waals surface area contributed by atoms with Crippen molar-refractivity contribution in [3.05, 3.63) is 10.7 Å². The van der Waals surface area contributed by atoms with E-state index in [0.29, 0.717) is 17.2 Å². The van der Waals surface area contributed by atoms with E-state index in [2.05, 4.69) is 43.5 Å². The second-order valence-electron chi connectivity index (χ2n) is 4.32. The zero-order valence-electron chi connectivity index (χ0n) is 10.7. The average Bonchev–Trinajstić information content (AvgIpc) is 2.80. The molecule has 100 valence electrons. The monoisotopic (exact) mass is 330 g/mol. The quantitative estimate of drug-likeness (QED) is 0.866. The maximum Gasteiger partial charge on any atom is 0.224 e. The summed E-state index contributed by atoms with van der Waals surface area (Å²) in [6.07, 6.45) is 5.62. The topological polar surface area (TPSA) is 49.8 Å². The van der Waals surface area contributed by atoms with E-state index in [1.54, 1.807) is 6.20 Å². The minimum absolute atomic E-state index is 0.519. The summed E-state index contributed by atoms with van der Waals surface area (Å²) in [5, 5.41) is 7.23. The number of anilines is 2. The number of nitrogens with one attached hydrogen (secondary N) is 2. The lowest BCUT2D eigenvalue weighted by atomic mass is 10.2. The maximum absolute atomic E-state index is 4.46. The number of thioether (sulfide) groups is 1. The number of nitrogens with zero attached hydrogens (tertiary/aromatic N) is 2. The first-order valence-electron chi connectivity index (χ1n) is 6.33. The zero-order chi connectivity index (χ0) is 13.0. The average molecular weight is 331 g/mol. The van der Waals surface area contributed by atoms with Gasteiger partial charge in [-0.1, -0.05) is 13.3 Å². The highest BCUT2D eigenvalue weighted by Gasteiger charge is 2.27. The van der Waals surface area contributed by atoms with Gasteiger partial charge in [0.05, 0.1) is 4.47 Å². The largest absolute Gasteiger partial charge is 0.365 e. The Bertz CT molecular complexity index is 402. The van der Waals surface area contributed by atoms with Crippen LogP contribution in [-0.2, 0) is 0 Å². The molecule has 1 aromatic rings. The molecular weight excluding hydrogens is 312 g/mol. The molecule has 6 heteroatoms. The van der Waals surface area contributed by atoms with Gasteiger partial charge in [-0.15, -0.1) is 0 Å². The number of halogens is 1. The fraction of sp³-hybridized carbons (Fsp3) is 0.667. The predicted octanol–water partition coefficient (Wildman–Crippen LogP) is 3.37. The van der Waals surface area contributed by atoms with Crippen LogP contribution in [-0.4, -0.2) is 34.1 Å². The summed E-state index contributed by atoms with van der Waals surface area (Å²) in [5.74, 6) is 2.72. The molecule has 18 heavy (non-hydrogen) atoms. The summed E-state index contributed by atoms with van der Waals surface area (Å²) in [4.78, 5) is 8.63. The zero-order valence-corrected chi connectivity index (χ0v) is 13.1. The Morgan fingerprint density at radius 2 is 2.33 bits per heavy atom. The van der Waals surface area contributed by atoms with Crippen LogP contribution in [0.3, 0.4) is 0 Å². The first-order valence-corrected chi connectivity index (χ1v) is 8.17. The first-order chi connectivity index (χ1) is 8.74. The molecule has 2 rings (SSSR count). The third kappa shape index (κ3) is 3.29. The molecule has 0 aliphatic heterocycles. The van der Waals surface area contributed by atoms with Gasteiger partial charge in [0, 0.05) is 24.5 Å². The molecule has 0 amide bonds. The van der Waals surface area contributed by atoms with Gasteiger partial charge < -0.3 is 10.6 Å². The molecule has 1 fully saturated rings. The number of rotatable bonds is 5. The van der Waals surface area contributed by atoms with E-state index in [1.165, 1.54) is 25.0 Å². The Balaban J connectivity index is 2.08. The van der Waals surface area contributed by atoms with Crippen LogP contribution in [0.5, 0.6) is 0 Å². The van der Waals surface area contributed by atoms with Crippen LogP contribution in [0.4, 0.5) is 11.8 Å². The fourth-order valence-electron chi connectivity index (χ4n) is 2.27. The fourth-order valence-corrected chi connectivity index (χ4v) is 3.77. The van der Waals surface area contributed by atoms with Crippen molar-refractivity contribution in [2.24, 2.45) is 0 Å². The Labute approximate surface area is 121 Å². The van der Waals surface area contributed by atoms with Crippen molar-refractivity contribution in [2.45, 2.75) is 37.5 Å². The van der Waals surface area contributed by atoms with E-state index in [-0.39, 0.29) is 0 Å². The molecule has 0 saturated heterocycles. The van der Waals surface area contributed by atoms with Crippen molar-refractivity contribution in [2.75, 3.05) is 23.4 Å². The molecule has 1 aliphatic rings. The molecular formula is C12H19BrN4S. The Morgan fingerprint density at radius 1 is 1.50 bits per heavy atom. The van der Waals surface area contributed by atoms with Crippen molar-refractivity contribution in [1.29, 1.82) is 0 Å². The van der Waals surface area contributed by atoms with Gasteiger partial charge in [-0.2, -0.15) is 16.7 Å². The Morgan fingerprint density at radius 3 is 3.06 bits per heavy atom. The number of aromatic nitrogens is 2. The summed E-state index contributed by atoms with van der Waals surface area (Å²) in [5.41, 5.74) is 0. The van der Waals surface area contributed by atoms with E-state index in [0.717, 1.165) is 10.3 Å². The summed E-state index contributed by atoms with van der Waals surface area (Å²) < 4.78 is 0.925. The van der Waals surface area contributed by atoms with Crippen LogP contribution in [0.25, 0.3) is 0 Å². The maximum atomic E-state index is 4.46. The van der Waals surface area contributed by atoms with Gasteiger partial charge in [0.2, 0.25) is 5.95 Å². The van der Waals surface area contributed by atoms with Crippen LogP contribution in [0.1, 0.15) is 26.2 Å². The summed E-state index contributed by atoms with van der Waals surface area (Å²) in [6, 6.07) is 0.519. The van der Waals surface area contributed by atoms with Crippen molar-refractivity contribution in [1.82, 2.24) is 9.97 Å². The second kappa shape index (κ2) is 6.61. The highest BCUT2D eigenvalue weighted by molar-refractivity contribution is 9.10. The van der Waals surface area contributed by atoms with Crippen molar-refractivity contribution >= 4 is 39.5 Å². The normalized spacial score (nSPS) is 23.1. The highest BCUT2D eigenvalue weighted by atomic mass is 79.9. The lowest BCUT2D eigenvalue weighted by molar-refractivity contribution is 0.761. The van der Waals surface area contributed by atoms with Crippen LogP contribution in [0, 0.1) is 0 Å². The minimum atomic E-state index is 0.519. The molecule has 1 saturated carbocycles. The van der Waals surface area contributed by atoms with Gasteiger partial charge in [-0.3, -0.25) is 0 Å². The highest BCUT2D eigenvalue weighted by Crippen LogP contribution is 2.33. The van der Waals surface area contributed by atoms with Crippen LogP contribution in [0.2, 0.25) is 0 Å². The lowest BCUT2D eigenvalue weighted by Gasteiger charge is -2.21. The minimum Gasteiger partial charge on any atom is -0.365 e. The van der Waals surface area contributed by atoms with E-state index < -0.39 is 0 Å². The number of hydrogen-bond acceptors (Lipinski definition) is 5. The SMILES string of the molecule is CCSC1CCCC1Nc1nc(NC)ncc1Br. The van der Waals surface area contributed by atoms with Crippen molar-refractivity contribution in [3.8, 4) is 0 Å². The van der Waals surface area contributed by atoms with Gasteiger partial charge >= 0.3 is 0 Å². The molecule has 2 unspecified atom stereocenters. The third-order valence-electron chi connectivity index (χ3n) is 3.12. The van der Waals surface area contributed by atoms with Crippen molar-refractivity contribution in [3.63, 3.8) is 0 Å². The predicted molar refractivity (Wildman–Crippen MR) is 82.5 cm³/mol. The second-order valence-corrected chi connectivity index (χ2v) is 6.69. The van der Waals surface area contributed by atoms with E-state index in [4.69, 9.17) is 0 Å². The summed E-state index contributed by atoms with van der Waals surface area (Å²) in [7, 11) is 1.83. The van der Waals surface area contributed by atoms with Crippen molar-refractivity contribution < 1.29 is 0 Å². The lowest BCUT2D eigenvalue weighted by Crippen LogP contribution is -2.27. The molecule has 0 spiro atoms. The van der Waals surface area contributed by atoms with Crippen LogP contribution >= 0.6 is 27.7 Å². The molecule has 2 atom stereocenters. The Kier molecular flexibility index (Phi) is 5.12. The van der Waals surface area contributed by atoms with Gasteiger partial charge in [0.1, 0.15) is 5.82 Å². The molecule has 1 aliphatic carbocycles. The smallest absolute Gasteiger partial charge is 0.224 e. The molecule has 1 heterocycles. The Hall–Kier alpha value is -0.490. The van der Waals surface area contributed by atoms with E-state index in [1.807, 2.05) is 18.8 Å². The van der Waals surface area contributed by atoms with Crippen LogP contribution < -0.4 is 10.6 Å². The van der Waals surface area contributed by atoms with Gasteiger partial charge in [0.25, 0.3) is 0 Å². The summed E-state index contributed by atoms with van der Waals surface area (Å²) in [6.45, 7) is 2.22. The molecule has 4 nitrogen and oxygen atoms in total. The van der Waals surface area contributed by atoms with Gasteiger partial charge in [0.15, 0.2) is 0 Å². The van der Waals surface area contributed by atoms with E-state index in [9.17, 15) is 0 Å². The molecule has 1 aromatic heterocycles. The summed E-state index contributed by atoms with van der Waals surface area (Å²) >= 11 is 5.55. The molecule has 2 N–H and O–H groups in total. The molecule has 0 radical (unpaired) electrons. The number of hydrogen-bond donors (Lipinski definition) is 2. The molecule has 0 bridgehead atoms. The molecule has 0 aromatic carbocycles. The van der Waals surface area contributed by atoms with E-state index >= 15 is 0 Å². The van der Waals surface area contributed by atoms with Gasteiger partial charge in [-0.25, -0.2) is 4.98 Å². The standard InChI is InChI=1S/C12H19BrN4S/c1-3-18-10-6-4-5-9(10)16-11-8(13)7-15-12(14-2)17-11/h7,9-10H,3-6H2,1-2H3,(H2,14,15,16,17). The third-order valence-corrected chi connectivity index (χ3v) is 5.03. The van der Waals surface area contributed by atoms with Gasteiger partial charge in [-0.05, 0) is 34.5 Å². The van der Waals surface area contributed by atoms with Crippen LogP contribution in [0.15, 0.2) is 10.7 Å².